The van der Waals surface area contributed by atoms with Gasteiger partial charge in [-0.25, -0.2) is 0 Å². The molecule has 1 atom stereocenters. The van der Waals surface area contributed by atoms with Crippen molar-refractivity contribution in [3.8, 4) is 0 Å². The first kappa shape index (κ1) is 21.4. The minimum absolute atomic E-state index is 0.0211. The summed E-state index contributed by atoms with van der Waals surface area (Å²) in [6.45, 7) is 7.29. The number of nitrogens with zero attached hydrogens (tertiary/aromatic N) is 1. The Balaban J connectivity index is 1.56. The molecule has 0 bridgehead atoms. The second-order valence-corrected chi connectivity index (χ2v) is 9.66. The van der Waals surface area contributed by atoms with Crippen molar-refractivity contribution >= 4 is 40.7 Å². The summed E-state index contributed by atoms with van der Waals surface area (Å²) in [6.07, 6.45) is 5.74. The van der Waals surface area contributed by atoms with Crippen LogP contribution in [0.5, 0.6) is 0 Å². The first-order chi connectivity index (χ1) is 13.2. The molecule has 6 heteroatoms. The number of anilines is 1. The van der Waals surface area contributed by atoms with Crippen LogP contribution in [0.25, 0.3) is 0 Å². The summed E-state index contributed by atoms with van der Waals surface area (Å²) in [5.41, 5.74) is 0.945. The summed E-state index contributed by atoms with van der Waals surface area (Å²) < 4.78 is 0. The van der Waals surface area contributed by atoms with Crippen LogP contribution < -0.4 is 10.2 Å². The third-order valence-corrected chi connectivity index (χ3v) is 7.62. The predicted molar refractivity (Wildman–Crippen MR) is 115 cm³/mol. The van der Waals surface area contributed by atoms with Crippen molar-refractivity contribution < 1.29 is 9.59 Å². The molecule has 0 spiro atoms. The average molecular weight is 425 g/mol. The number of amides is 2. The Morgan fingerprint density at radius 2 is 1.89 bits per heavy atom. The van der Waals surface area contributed by atoms with Gasteiger partial charge in [0, 0.05) is 19.0 Å². The van der Waals surface area contributed by atoms with Crippen molar-refractivity contribution in [3.63, 3.8) is 0 Å². The van der Waals surface area contributed by atoms with E-state index >= 15 is 0 Å². The topological polar surface area (TPSA) is 49.4 Å². The van der Waals surface area contributed by atoms with Crippen molar-refractivity contribution in [2.24, 2.45) is 17.3 Å². The minimum atomic E-state index is -0.340. The third-order valence-electron chi connectivity index (χ3n) is 6.81. The standard InChI is InChI=1S/C22H30Cl2N2O2/c1-4-22(2,3)15-8-10-16(11-9-15)25-21(28)14-12-19(27)26(13-14)18-7-5-6-17(23)20(18)24/h5-7,14-16H,4,8-13H2,1-3H3,(H,25,28)/t14-,15?,16?/m1/s1. The maximum Gasteiger partial charge on any atom is 0.227 e. The van der Waals surface area contributed by atoms with Gasteiger partial charge < -0.3 is 10.2 Å². The average Bonchev–Trinajstić information content (AvgIpc) is 3.06. The zero-order valence-electron chi connectivity index (χ0n) is 16.9. The van der Waals surface area contributed by atoms with E-state index in [0.717, 1.165) is 31.6 Å². The molecular formula is C22H30Cl2N2O2. The van der Waals surface area contributed by atoms with Crippen LogP contribution in [0.4, 0.5) is 5.69 Å². The van der Waals surface area contributed by atoms with Crippen LogP contribution in [0.2, 0.25) is 10.0 Å². The maximum absolute atomic E-state index is 12.8. The first-order valence-corrected chi connectivity index (χ1v) is 11.0. The van der Waals surface area contributed by atoms with Gasteiger partial charge in [0.25, 0.3) is 0 Å². The van der Waals surface area contributed by atoms with Gasteiger partial charge in [0.05, 0.1) is 21.7 Å². The number of rotatable bonds is 5. The Labute approximate surface area is 177 Å². The second-order valence-electron chi connectivity index (χ2n) is 8.88. The molecule has 1 aliphatic carbocycles. The summed E-state index contributed by atoms with van der Waals surface area (Å²) >= 11 is 12.3. The monoisotopic (exact) mass is 424 g/mol. The number of hydrogen-bond donors (Lipinski definition) is 1. The number of hydrogen-bond acceptors (Lipinski definition) is 2. The predicted octanol–water partition coefficient (Wildman–Crippen LogP) is 5.46. The molecule has 1 aliphatic heterocycles. The molecule has 4 nitrogen and oxygen atoms in total. The fraction of sp³-hybridized carbons (Fsp3) is 0.636. The number of nitrogens with one attached hydrogen (secondary N) is 1. The lowest BCUT2D eigenvalue weighted by Crippen LogP contribution is -2.43. The quantitative estimate of drug-likeness (QED) is 0.681. The summed E-state index contributed by atoms with van der Waals surface area (Å²) in [6, 6.07) is 5.44. The van der Waals surface area contributed by atoms with Crippen LogP contribution in [-0.2, 0) is 9.59 Å². The molecule has 3 rings (SSSR count). The van der Waals surface area contributed by atoms with Crippen molar-refractivity contribution in [1.82, 2.24) is 5.32 Å². The molecule has 2 amide bonds. The van der Waals surface area contributed by atoms with E-state index in [1.54, 1.807) is 23.1 Å². The van der Waals surface area contributed by atoms with E-state index in [0.29, 0.717) is 27.7 Å². The van der Waals surface area contributed by atoms with Crippen LogP contribution in [0.15, 0.2) is 18.2 Å². The molecule has 1 saturated heterocycles. The Kier molecular flexibility index (Phi) is 6.61. The Morgan fingerprint density at radius 3 is 2.54 bits per heavy atom. The molecule has 28 heavy (non-hydrogen) atoms. The van der Waals surface area contributed by atoms with Gasteiger partial charge in [0.1, 0.15) is 0 Å². The lowest BCUT2D eigenvalue weighted by molar-refractivity contribution is -0.127. The molecule has 0 radical (unpaired) electrons. The Bertz CT molecular complexity index is 742. The molecule has 1 aromatic rings. The molecule has 0 aromatic heterocycles. The van der Waals surface area contributed by atoms with Crippen molar-refractivity contribution in [2.45, 2.75) is 65.3 Å². The zero-order chi connectivity index (χ0) is 20.5. The molecular weight excluding hydrogens is 395 g/mol. The van der Waals surface area contributed by atoms with Gasteiger partial charge in [-0.1, -0.05) is 56.5 Å². The SMILES string of the molecule is CCC(C)(C)C1CCC(NC(=O)[C@@H]2CC(=O)N(c3cccc(Cl)c3Cl)C2)CC1. The van der Waals surface area contributed by atoms with E-state index in [9.17, 15) is 9.59 Å². The van der Waals surface area contributed by atoms with E-state index in [1.165, 1.54) is 6.42 Å². The molecule has 2 fully saturated rings. The van der Waals surface area contributed by atoms with Crippen LogP contribution >= 0.6 is 23.2 Å². The highest BCUT2D eigenvalue weighted by molar-refractivity contribution is 6.44. The van der Waals surface area contributed by atoms with E-state index in [2.05, 4.69) is 26.1 Å². The fourth-order valence-corrected chi connectivity index (χ4v) is 4.84. The van der Waals surface area contributed by atoms with Crippen molar-refractivity contribution in [1.29, 1.82) is 0 Å². The van der Waals surface area contributed by atoms with Gasteiger partial charge in [-0.2, -0.15) is 0 Å². The Hall–Kier alpha value is -1.26. The second kappa shape index (κ2) is 8.62. The largest absolute Gasteiger partial charge is 0.353 e. The molecule has 1 heterocycles. The molecule has 1 saturated carbocycles. The zero-order valence-corrected chi connectivity index (χ0v) is 18.4. The van der Waals surface area contributed by atoms with Gasteiger partial charge in [-0.15, -0.1) is 0 Å². The van der Waals surface area contributed by atoms with Crippen LogP contribution in [-0.4, -0.2) is 24.4 Å². The van der Waals surface area contributed by atoms with Crippen molar-refractivity contribution in [2.75, 3.05) is 11.4 Å². The molecule has 2 aliphatic rings. The summed E-state index contributed by atoms with van der Waals surface area (Å²) in [5.74, 6) is 0.274. The smallest absolute Gasteiger partial charge is 0.227 e. The van der Waals surface area contributed by atoms with E-state index in [-0.39, 0.29) is 30.2 Å². The highest BCUT2D eigenvalue weighted by Crippen LogP contribution is 2.40. The van der Waals surface area contributed by atoms with Gasteiger partial charge in [0.2, 0.25) is 11.8 Å². The lowest BCUT2D eigenvalue weighted by atomic mass is 9.69. The molecule has 1 aromatic carbocycles. The van der Waals surface area contributed by atoms with E-state index in [4.69, 9.17) is 23.2 Å². The lowest BCUT2D eigenvalue weighted by Gasteiger charge is -2.39. The summed E-state index contributed by atoms with van der Waals surface area (Å²) in [7, 11) is 0. The number of carbonyl (C=O) groups is 2. The van der Waals surface area contributed by atoms with Gasteiger partial charge in [-0.05, 0) is 49.1 Å². The molecule has 154 valence electrons. The molecule has 1 N–H and O–H groups in total. The van der Waals surface area contributed by atoms with Crippen LogP contribution in [0.1, 0.15) is 59.3 Å². The summed E-state index contributed by atoms with van der Waals surface area (Å²) in [4.78, 5) is 26.8. The highest BCUT2D eigenvalue weighted by Gasteiger charge is 2.38. The first-order valence-electron chi connectivity index (χ1n) is 10.3. The normalized spacial score (nSPS) is 25.8. The van der Waals surface area contributed by atoms with Crippen LogP contribution in [0.3, 0.4) is 0 Å². The van der Waals surface area contributed by atoms with Crippen molar-refractivity contribution in [3.05, 3.63) is 28.2 Å². The van der Waals surface area contributed by atoms with Gasteiger partial charge in [0.15, 0.2) is 0 Å². The fourth-order valence-electron chi connectivity index (χ4n) is 4.44. The van der Waals surface area contributed by atoms with Gasteiger partial charge >= 0.3 is 0 Å². The van der Waals surface area contributed by atoms with E-state index in [1.807, 2.05) is 0 Å². The highest BCUT2D eigenvalue weighted by atomic mass is 35.5. The molecule has 0 unspecified atom stereocenters. The number of benzene rings is 1. The Morgan fingerprint density at radius 1 is 1.21 bits per heavy atom. The van der Waals surface area contributed by atoms with E-state index < -0.39 is 0 Å². The maximum atomic E-state index is 12.8. The van der Waals surface area contributed by atoms with Crippen LogP contribution in [0, 0.1) is 17.3 Å². The number of halogens is 2. The minimum Gasteiger partial charge on any atom is -0.353 e. The third kappa shape index (κ3) is 4.49. The van der Waals surface area contributed by atoms with Gasteiger partial charge in [-0.3, -0.25) is 9.59 Å². The summed E-state index contributed by atoms with van der Waals surface area (Å²) in [5, 5.41) is 3.96. The number of carbonyl (C=O) groups excluding carboxylic acids is 2.